The number of allylic oxidation sites excluding steroid dienone is 2. The minimum Gasteiger partial charge on any atom is -0.461 e. The van der Waals surface area contributed by atoms with Crippen LogP contribution >= 0.6 is 11.6 Å². The Morgan fingerprint density at radius 3 is 2.45 bits per heavy atom. The molecule has 2 nitrogen and oxygen atoms in total. The van der Waals surface area contributed by atoms with Crippen molar-refractivity contribution >= 4 is 17.6 Å². The summed E-state index contributed by atoms with van der Waals surface area (Å²) in [4.78, 5) is 12.5. The highest BCUT2D eigenvalue weighted by molar-refractivity contribution is 6.30. The Balaban J connectivity index is 1.74. The minimum atomic E-state index is -4.66. The van der Waals surface area contributed by atoms with Crippen LogP contribution in [0.4, 0.5) is 22.0 Å². The van der Waals surface area contributed by atoms with E-state index in [1.807, 2.05) is 0 Å². The second-order valence-corrected chi connectivity index (χ2v) is 8.57. The molecule has 0 amide bonds. The number of carbonyl (C=O) groups is 1. The molecule has 2 aromatic carbocycles. The summed E-state index contributed by atoms with van der Waals surface area (Å²) in [6.07, 6.45) is -3.81. The van der Waals surface area contributed by atoms with Crippen LogP contribution in [0, 0.1) is 35.8 Å². The molecule has 0 heterocycles. The molecule has 0 spiro atoms. The first-order chi connectivity index (χ1) is 14.3. The van der Waals surface area contributed by atoms with E-state index in [0.717, 1.165) is 18.2 Å². The van der Waals surface area contributed by atoms with E-state index in [1.54, 1.807) is 39.0 Å². The Kier molecular flexibility index (Phi) is 6.20. The van der Waals surface area contributed by atoms with Gasteiger partial charge in [-0.1, -0.05) is 49.7 Å². The van der Waals surface area contributed by atoms with Crippen molar-refractivity contribution in [3.63, 3.8) is 0 Å². The van der Waals surface area contributed by atoms with E-state index in [9.17, 15) is 26.7 Å². The molecule has 2 aromatic rings. The third-order valence-corrected chi connectivity index (χ3v) is 6.14. The van der Waals surface area contributed by atoms with Crippen molar-refractivity contribution in [2.45, 2.75) is 33.6 Å². The van der Waals surface area contributed by atoms with Crippen LogP contribution in [0.5, 0.6) is 0 Å². The van der Waals surface area contributed by atoms with Gasteiger partial charge in [0.2, 0.25) is 0 Å². The Morgan fingerprint density at radius 2 is 1.84 bits per heavy atom. The van der Waals surface area contributed by atoms with Crippen molar-refractivity contribution in [2.75, 3.05) is 0 Å². The van der Waals surface area contributed by atoms with Gasteiger partial charge in [-0.25, -0.2) is 8.78 Å². The molecule has 1 aliphatic carbocycles. The molecule has 1 aliphatic rings. The largest absolute Gasteiger partial charge is 0.461 e. The summed E-state index contributed by atoms with van der Waals surface area (Å²) in [7, 11) is 0. The Morgan fingerprint density at radius 1 is 1.16 bits per heavy atom. The fraction of sp³-hybridized carbons (Fsp3) is 0.348. The number of halogens is 6. The van der Waals surface area contributed by atoms with Crippen LogP contribution in [0.25, 0.3) is 11.1 Å². The summed E-state index contributed by atoms with van der Waals surface area (Å²) in [5, 5.41) is -1.26. The van der Waals surface area contributed by atoms with E-state index < -0.39 is 46.1 Å². The molecule has 2 unspecified atom stereocenters. The van der Waals surface area contributed by atoms with Crippen molar-refractivity contribution in [2.24, 2.45) is 17.3 Å². The standard InChI is InChI=1S/C23H20ClF5O2/c1-12-13(5-4-6-15(12)16-8-7-14(25)9-18(16)26)11-31-21(30)20-17(22(20,2)3)10-19(24)23(27,28)29/h4-10,17,20H,11H2,1-3H3. The summed E-state index contributed by atoms with van der Waals surface area (Å²) < 4.78 is 70.8. The van der Waals surface area contributed by atoms with E-state index in [1.165, 1.54) is 6.07 Å². The van der Waals surface area contributed by atoms with Gasteiger partial charge in [-0.05, 0) is 47.1 Å². The van der Waals surface area contributed by atoms with Gasteiger partial charge in [0.1, 0.15) is 23.3 Å². The van der Waals surface area contributed by atoms with Gasteiger partial charge in [-0.15, -0.1) is 0 Å². The Labute approximate surface area is 181 Å². The second-order valence-electron chi connectivity index (χ2n) is 8.16. The number of esters is 1. The number of hydrogen-bond donors (Lipinski definition) is 0. The number of hydrogen-bond acceptors (Lipinski definition) is 2. The first-order valence-corrected chi connectivity index (χ1v) is 9.87. The van der Waals surface area contributed by atoms with Gasteiger partial charge in [0, 0.05) is 11.6 Å². The fourth-order valence-corrected chi connectivity index (χ4v) is 3.90. The molecule has 8 heteroatoms. The van der Waals surface area contributed by atoms with Gasteiger partial charge in [0.05, 0.1) is 5.92 Å². The molecule has 2 atom stereocenters. The lowest BCUT2D eigenvalue weighted by molar-refractivity contribution is -0.147. The highest BCUT2D eigenvalue weighted by Crippen LogP contribution is 2.60. The van der Waals surface area contributed by atoms with Crippen molar-refractivity contribution in [1.82, 2.24) is 0 Å². The van der Waals surface area contributed by atoms with Gasteiger partial charge >= 0.3 is 12.1 Å². The summed E-state index contributed by atoms with van der Waals surface area (Å²) in [5.41, 5.74) is 1.27. The number of ether oxygens (including phenoxy) is 1. The average Bonchev–Trinajstić information content (AvgIpc) is 3.20. The first-order valence-electron chi connectivity index (χ1n) is 9.49. The van der Waals surface area contributed by atoms with Gasteiger partial charge in [0.25, 0.3) is 0 Å². The van der Waals surface area contributed by atoms with E-state index in [2.05, 4.69) is 0 Å². The predicted octanol–water partition coefficient (Wildman–Crippen LogP) is 6.94. The zero-order chi connectivity index (χ0) is 23.1. The quantitative estimate of drug-likeness (QED) is 0.358. The van der Waals surface area contributed by atoms with Crippen LogP contribution in [0.1, 0.15) is 25.0 Å². The first kappa shape index (κ1) is 23.3. The molecule has 0 aromatic heterocycles. The minimum absolute atomic E-state index is 0.128. The molecular weight excluding hydrogens is 439 g/mol. The molecule has 0 saturated heterocycles. The molecule has 0 radical (unpaired) electrons. The maximum absolute atomic E-state index is 14.2. The highest BCUT2D eigenvalue weighted by Gasteiger charge is 2.62. The van der Waals surface area contributed by atoms with Crippen LogP contribution < -0.4 is 0 Å². The Bertz CT molecular complexity index is 1040. The van der Waals surface area contributed by atoms with Crippen LogP contribution in [0.15, 0.2) is 47.5 Å². The maximum Gasteiger partial charge on any atom is 0.426 e. The SMILES string of the molecule is Cc1c(COC(=O)C2C(C=C(Cl)C(F)(F)F)C2(C)C)cccc1-c1ccc(F)cc1F. The fourth-order valence-electron chi connectivity index (χ4n) is 3.77. The molecule has 0 bridgehead atoms. The normalized spacial score (nSPS) is 20.5. The lowest BCUT2D eigenvalue weighted by atomic mass is 9.96. The number of rotatable bonds is 5. The summed E-state index contributed by atoms with van der Waals surface area (Å²) in [5.74, 6) is -3.47. The molecule has 1 fully saturated rings. The van der Waals surface area contributed by atoms with E-state index in [-0.39, 0.29) is 12.2 Å². The monoisotopic (exact) mass is 458 g/mol. The number of alkyl halides is 3. The van der Waals surface area contributed by atoms with Gasteiger partial charge in [-0.2, -0.15) is 13.2 Å². The lowest BCUT2D eigenvalue weighted by Gasteiger charge is -2.13. The summed E-state index contributed by atoms with van der Waals surface area (Å²) in [6.45, 7) is 4.93. The third kappa shape index (κ3) is 4.76. The zero-order valence-corrected chi connectivity index (χ0v) is 17.7. The average molecular weight is 459 g/mol. The van der Waals surface area contributed by atoms with E-state index in [4.69, 9.17) is 16.3 Å². The van der Waals surface area contributed by atoms with E-state index in [0.29, 0.717) is 16.7 Å². The van der Waals surface area contributed by atoms with Crippen molar-refractivity contribution in [3.8, 4) is 11.1 Å². The Hall–Kier alpha value is -2.41. The molecule has 166 valence electrons. The molecule has 3 rings (SSSR count). The topological polar surface area (TPSA) is 26.3 Å². The number of carbonyl (C=O) groups excluding carboxylic acids is 1. The van der Waals surface area contributed by atoms with Crippen molar-refractivity contribution in [1.29, 1.82) is 0 Å². The molecule has 0 aliphatic heterocycles. The second kappa shape index (κ2) is 8.26. The van der Waals surface area contributed by atoms with Gasteiger partial charge in [-0.3, -0.25) is 4.79 Å². The van der Waals surface area contributed by atoms with Crippen molar-refractivity contribution < 1.29 is 31.5 Å². The molecule has 1 saturated carbocycles. The third-order valence-electron chi connectivity index (χ3n) is 5.80. The van der Waals surface area contributed by atoms with Gasteiger partial charge in [0.15, 0.2) is 0 Å². The predicted molar refractivity (Wildman–Crippen MR) is 107 cm³/mol. The van der Waals surface area contributed by atoms with Crippen LogP contribution in [-0.2, 0) is 16.1 Å². The summed E-state index contributed by atoms with van der Waals surface area (Å²) >= 11 is 5.31. The molecule has 31 heavy (non-hydrogen) atoms. The molecule has 0 N–H and O–H groups in total. The van der Waals surface area contributed by atoms with E-state index >= 15 is 0 Å². The summed E-state index contributed by atoms with van der Waals surface area (Å²) in [6, 6.07) is 8.29. The van der Waals surface area contributed by atoms with Crippen LogP contribution in [0.3, 0.4) is 0 Å². The smallest absolute Gasteiger partial charge is 0.426 e. The lowest BCUT2D eigenvalue weighted by Crippen LogP contribution is -2.11. The zero-order valence-electron chi connectivity index (χ0n) is 17.0. The van der Waals surface area contributed by atoms with Crippen LogP contribution in [-0.4, -0.2) is 12.1 Å². The van der Waals surface area contributed by atoms with Gasteiger partial charge < -0.3 is 4.74 Å². The van der Waals surface area contributed by atoms with Crippen LogP contribution in [0.2, 0.25) is 0 Å². The molecular formula is C23H20ClF5O2. The highest BCUT2D eigenvalue weighted by atomic mass is 35.5. The number of benzene rings is 2. The van der Waals surface area contributed by atoms with Crippen molar-refractivity contribution in [3.05, 3.63) is 70.3 Å². The maximum atomic E-state index is 14.2.